The summed E-state index contributed by atoms with van der Waals surface area (Å²) in [6.45, 7) is 1.55. The SMILES string of the molecule is CC1(CC2CC2)OC(=O)c2c1nc(CC1CC1)c(C(N)=O)c2-c1ccc2c(c1)OC(F)(F)C(=O)N2Cc1ccc(Cl)cn1. The van der Waals surface area contributed by atoms with Crippen molar-refractivity contribution in [3.05, 3.63) is 69.8 Å². The number of pyridine rings is 2. The highest BCUT2D eigenvalue weighted by Crippen LogP contribution is 2.51. The topological polar surface area (TPSA) is 125 Å². The van der Waals surface area contributed by atoms with E-state index in [0.717, 1.165) is 30.6 Å². The third-order valence-corrected chi connectivity index (χ3v) is 8.70. The zero-order valence-electron chi connectivity index (χ0n) is 23.2. The summed E-state index contributed by atoms with van der Waals surface area (Å²) >= 11 is 5.90. The third kappa shape index (κ3) is 4.89. The fourth-order valence-electron chi connectivity index (χ4n) is 6.07. The molecule has 0 saturated heterocycles. The minimum atomic E-state index is -4.18. The molecule has 222 valence electrons. The van der Waals surface area contributed by atoms with Crippen molar-refractivity contribution >= 4 is 35.1 Å². The molecule has 9 nitrogen and oxygen atoms in total. The lowest BCUT2D eigenvalue weighted by Crippen LogP contribution is -2.50. The van der Waals surface area contributed by atoms with Crippen molar-refractivity contribution in [3.63, 3.8) is 0 Å². The average Bonchev–Trinajstić information content (AvgIpc) is 3.88. The number of hydrogen-bond acceptors (Lipinski definition) is 7. The minimum absolute atomic E-state index is 0.0547. The Labute approximate surface area is 250 Å². The van der Waals surface area contributed by atoms with Crippen LogP contribution in [0.3, 0.4) is 0 Å². The highest BCUT2D eigenvalue weighted by atomic mass is 35.5. The number of carbonyl (C=O) groups is 3. The second-order valence-corrected chi connectivity index (χ2v) is 12.4. The Hall–Kier alpha value is -4.12. The van der Waals surface area contributed by atoms with E-state index in [1.54, 1.807) is 12.1 Å². The van der Waals surface area contributed by atoms with Crippen LogP contribution in [0.25, 0.3) is 11.1 Å². The fourth-order valence-corrected chi connectivity index (χ4v) is 6.18. The van der Waals surface area contributed by atoms with Gasteiger partial charge in [0.25, 0.3) is 5.91 Å². The standard InChI is InChI=1S/C31H27ClF2N4O5/c1-30(12-16-4-5-16)26-25(28(40)43-30)23(24(27(35)39)20(37-26)10-15-2-3-15)17-6-9-21-22(11-17)42-31(33,34)29(41)38(21)14-19-8-7-18(32)13-36-19/h6-9,11,13,15-16H,2-5,10,12,14H2,1H3,(H2,35,39). The molecule has 2 N–H and O–H groups in total. The van der Waals surface area contributed by atoms with Gasteiger partial charge >= 0.3 is 18.0 Å². The van der Waals surface area contributed by atoms with E-state index >= 15 is 0 Å². The summed E-state index contributed by atoms with van der Waals surface area (Å²) in [6, 6.07) is 7.36. The van der Waals surface area contributed by atoms with Crippen LogP contribution >= 0.6 is 11.6 Å². The molecule has 1 atom stereocenters. The van der Waals surface area contributed by atoms with Gasteiger partial charge in [0, 0.05) is 11.8 Å². The van der Waals surface area contributed by atoms with Crippen LogP contribution in [0.15, 0.2) is 36.5 Å². The molecular formula is C31H27ClF2N4O5. The number of ether oxygens (including phenoxy) is 2. The number of nitrogens with zero attached hydrogens (tertiary/aromatic N) is 3. The first-order valence-corrected chi connectivity index (χ1v) is 14.6. The largest absolute Gasteiger partial charge is 0.482 e. The summed E-state index contributed by atoms with van der Waals surface area (Å²) in [5.74, 6) is -2.59. The van der Waals surface area contributed by atoms with Gasteiger partial charge in [0.05, 0.1) is 45.5 Å². The summed E-state index contributed by atoms with van der Waals surface area (Å²) in [6.07, 6.45) is 2.28. The molecule has 2 amide bonds. The van der Waals surface area contributed by atoms with Gasteiger partial charge in [-0.1, -0.05) is 30.5 Å². The first kappa shape index (κ1) is 27.7. The molecule has 1 aromatic carbocycles. The number of hydrogen-bond donors (Lipinski definition) is 1. The van der Waals surface area contributed by atoms with E-state index < -0.39 is 29.5 Å². The Balaban J connectivity index is 1.39. The normalized spacial score (nSPS) is 22.1. The number of benzene rings is 1. The van der Waals surface area contributed by atoms with E-state index in [1.165, 1.54) is 24.4 Å². The predicted molar refractivity (Wildman–Crippen MR) is 151 cm³/mol. The van der Waals surface area contributed by atoms with Crippen LogP contribution in [0.2, 0.25) is 5.02 Å². The minimum Gasteiger partial charge on any atom is -0.449 e. The molecule has 43 heavy (non-hydrogen) atoms. The van der Waals surface area contributed by atoms with Crippen LogP contribution in [0.4, 0.5) is 14.5 Å². The van der Waals surface area contributed by atoms with Crippen LogP contribution in [0.1, 0.15) is 76.8 Å². The van der Waals surface area contributed by atoms with Crippen molar-refractivity contribution < 1.29 is 32.6 Å². The number of aromatic nitrogens is 2. The van der Waals surface area contributed by atoms with Gasteiger partial charge in [-0.15, -0.1) is 0 Å². The van der Waals surface area contributed by atoms with Crippen LogP contribution < -0.4 is 15.4 Å². The molecule has 2 fully saturated rings. The molecule has 2 saturated carbocycles. The number of anilines is 1. The van der Waals surface area contributed by atoms with Gasteiger partial charge in [-0.05, 0) is 74.3 Å². The molecule has 0 spiro atoms. The Kier molecular flexibility index (Phi) is 6.25. The van der Waals surface area contributed by atoms with Gasteiger partial charge in [-0.3, -0.25) is 24.5 Å². The smallest absolute Gasteiger partial charge is 0.449 e. The first-order chi connectivity index (χ1) is 20.4. The number of halogens is 3. The Morgan fingerprint density at radius 3 is 2.49 bits per heavy atom. The number of nitrogens with two attached hydrogens (primary N) is 1. The van der Waals surface area contributed by atoms with Gasteiger partial charge in [-0.2, -0.15) is 8.78 Å². The number of carbonyl (C=O) groups excluding carboxylic acids is 3. The maximum atomic E-state index is 14.9. The average molecular weight is 609 g/mol. The number of fused-ring (bicyclic) bond motifs is 2. The van der Waals surface area contributed by atoms with Crippen molar-refractivity contribution in [2.45, 2.75) is 63.7 Å². The second-order valence-electron chi connectivity index (χ2n) is 12.0. The molecule has 0 bridgehead atoms. The Morgan fingerprint density at radius 1 is 1.09 bits per heavy atom. The molecule has 4 heterocycles. The van der Waals surface area contributed by atoms with Crippen molar-refractivity contribution in [1.82, 2.24) is 9.97 Å². The Bertz CT molecular complexity index is 1710. The van der Waals surface area contributed by atoms with E-state index in [-0.39, 0.29) is 40.2 Å². The number of alkyl halides is 2. The molecule has 3 aromatic rings. The summed E-state index contributed by atoms with van der Waals surface area (Å²) in [5, 5.41) is 0.357. The monoisotopic (exact) mass is 608 g/mol. The molecule has 7 rings (SSSR count). The Morgan fingerprint density at radius 2 is 1.84 bits per heavy atom. The molecule has 0 radical (unpaired) electrons. The van der Waals surface area contributed by atoms with Crippen LogP contribution in [0.5, 0.6) is 5.75 Å². The summed E-state index contributed by atoms with van der Waals surface area (Å²) < 4.78 is 40.7. The van der Waals surface area contributed by atoms with Crippen molar-refractivity contribution in [3.8, 4) is 16.9 Å². The number of primary amides is 1. The quantitative estimate of drug-likeness (QED) is 0.332. The maximum Gasteiger partial charge on any atom is 0.482 e. The number of rotatable bonds is 8. The van der Waals surface area contributed by atoms with Crippen LogP contribution in [-0.4, -0.2) is 33.9 Å². The summed E-state index contributed by atoms with van der Waals surface area (Å²) in [4.78, 5) is 49.1. The molecule has 1 unspecified atom stereocenters. The highest BCUT2D eigenvalue weighted by molar-refractivity contribution is 6.30. The van der Waals surface area contributed by atoms with Crippen LogP contribution in [0, 0.1) is 11.8 Å². The van der Waals surface area contributed by atoms with E-state index in [9.17, 15) is 23.2 Å². The first-order valence-electron chi connectivity index (χ1n) is 14.2. The van der Waals surface area contributed by atoms with Crippen molar-refractivity contribution in [1.29, 1.82) is 0 Å². The van der Waals surface area contributed by atoms with Gasteiger partial charge in [0.2, 0.25) is 0 Å². The molecule has 12 heteroatoms. The number of cyclic esters (lactones) is 1. The lowest BCUT2D eigenvalue weighted by molar-refractivity contribution is -0.193. The zero-order chi connectivity index (χ0) is 30.3. The van der Waals surface area contributed by atoms with Gasteiger partial charge in [0.1, 0.15) is 0 Å². The molecule has 2 aromatic heterocycles. The molecule has 2 aliphatic carbocycles. The molecular weight excluding hydrogens is 582 g/mol. The van der Waals surface area contributed by atoms with Gasteiger partial charge in [-0.25, -0.2) is 4.79 Å². The lowest BCUT2D eigenvalue weighted by Gasteiger charge is -2.33. The lowest BCUT2D eigenvalue weighted by atomic mass is 9.86. The maximum absolute atomic E-state index is 14.9. The van der Waals surface area contributed by atoms with Crippen LogP contribution in [-0.2, 0) is 28.1 Å². The van der Waals surface area contributed by atoms with Crippen molar-refractivity contribution in [2.24, 2.45) is 17.6 Å². The highest BCUT2D eigenvalue weighted by Gasteiger charge is 2.52. The zero-order valence-corrected chi connectivity index (χ0v) is 23.9. The van der Waals surface area contributed by atoms with E-state index in [2.05, 4.69) is 4.98 Å². The second kappa shape index (κ2) is 9.70. The summed E-state index contributed by atoms with van der Waals surface area (Å²) in [5.41, 5.74) is 6.77. The van der Waals surface area contributed by atoms with Gasteiger partial charge in [0.15, 0.2) is 11.4 Å². The summed E-state index contributed by atoms with van der Waals surface area (Å²) in [7, 11) is 0. The number of amides is 2. The fraction of sp³-hybridized carbons (Fsp3) is 0.387. The van der Waals surface area contributed by atoms with E-state index in [4.69, 9.17) is 31.8 Å². The molecule has 2 aliphatic heterocycles. The number of esters is 1. The predicted octanol–water partition coefficient (Wildman–Crippen LogP) is 5.55. The third-order valence-electron chi connectivity index (χ3n) is 8.48. The van der Waals surface area contributed by atoms with Crippen molar-refractivity contribution in [2.75, 3.05) is 4.90 Å². The van der Waals surface area contributed by atoms with E-state index in [0.29, 0.717) is 46.8 Å². The van der Waals surface area contributed by atoms with Gasteiger partial charge < -0.3 is 15.2 Å². The van der Waals surface area contributed by atoms with E-state index in [1.807, 2.05) is 6.92 Å². The molecule has 4 aliphatic rings.